The molecule has 4 heterocycles. The molecule has 0 amide bonds. The van der Waals surface area contributed by atoms with Gasteiger partial charge in [-0.2, -0.15) is 5.06 Å². The van der Waals surface area contributed by atoms with E-state index in [1.54, 1.807) is 6.92 Å². The smallest absolute Gasteiger partial charge is 0.339 e. The van der Waals surface area contributed by atoms with Crippen LogP contribution in [0.2, 0.25) is 0 Å². The van der Waals surface area contributed by atoms with Crippen molar-refractivity contribution in [1.82, 2.24) is 14.9 Å². The van der Waals surface area contributed by atoms with Gasteiger partial charge in [0.25, 0.3) is 0 Å². The number of pyridine rings is 1. The summed E-state index contributed by atoms with van der Waals surface area (Å²) < 4.78 is 19.6. The number of aliphatic hydroxyl groups is 2. The van der Waals surface area contributed by atoms with Gasteiger partial charge < -0.3 is 31.3 Å². The van der Waals surface area contributed by atoms with Crippen LogP contribution in [0, 0.1) is 12.7 Å². The number of hydrogen-bond donors (Lipinski definition) is 5. The molecule has 0 aliphatic carbocycles. The molecule has 1 aromatic carbocycles. The van der Waals surface area contributed by atoms with Gasteiger partial charge in [0.2, 0.25) is 11.6 Å². The minimum atomic E-state index is -1.98. The zero-order valence-corrected chi connectivity index (χ0v) is 18.4. The summed E-state index contributed by atoms with van der Waals surface area (Å²) in [5, 5.41) is 33.3. The molecule has 1 aromatic heterocycles. The van der Waals surface area contributed by atoms with Crippen molar-refractivity contribution in [2.24, 2.45) is 21.5 Å². The van der Waals surface area contributed by atoms with Gasteiger partial charge in [0.15, 0.2) is 12.1 Å². The lowest BCUT2D eigenvalue weighted by Crippen LogP contribution is -2.76. The number of esters is 1. The average molecular weight is 473 g/mol. The predicted molar refractivity (Wildman–Crippen MR) is 117 cm³/mol. The van der Waals surface area contributed by atoms with Gasteiger partial charge in [-0.1, -0.05) is 0 Å². The van der Waals surface area contributed by atoms with Gasteiger partial charge in [-0.25, -0.2) is 19.2 Å². The Kier molecular flexibility index (Phi) is 4.73. The molecule has 5 unspecified atom stereocenters. The van der Waals surface area contributed by atoms with Crippen LogP contribution >= 0.6 is 0 Å². The number of hydrogen-bond acceptors (Lipinski definition) is 12. The topological polar surface area (TPSA) is 183 Å². The number of carbonyl (C=O) groups excluding carboxylic acids is 1. The maximum atomic E-state index is 13.9. The van der Waals surface area contributed by atoms with Crippen molar-refractivity contribution in [2.75, 3.05) is 13.2 Å². The quantitative estimate of drug-likeness (QED) is 0.348. The Labute approximate surface area is 192 Å². The van der Waals surface area contributed by atoms with Crippen LogP contribution in [-0.2, 0) is 4.74 Å². The summed E-state index contributed by atoms with van der Waals surface area (Å²) in [4.78, 5) is 27.4. The number of benzene rings is 1. The Hall–Kier alpha value is -3.55. The minimum absolute atomic E-state index is 0.0645. The summed E-state index contributed by atoms with van der Waals surface area (Å²) in [6, 6.07) is 3.44. The van der Waals surface area contributed by atoms with E-state index in [0.29, 0.717) is 16.3 Å². The summed E-state index contributed by atoms with van der Waals surface area (Å²) in [6.45, 7) is 2.42. The summed E-state index contributed by atoms with van der Waals surface area (Å²) >= 11 is 0. The molecule has 12 nitrogen and oxygen atoms in total. The summed E-state index contributed by atoms with van der Waals surface area (Å²) in [5.41, 5.74) is 9.21. The van der Waals surface area contributed by atoms with E-state index in [4.69, 9.17) is 16.2 Å². The third-order valence-corrected chi connectivity index (χ3v) is 6.85. The summed E-state index contributed by atoms with van der Waals surface area (Å²) in [5.74, 6) is -1.78. The van der Waals surface area contributed by atoms with E-state index < -0.39 is 47.8 Å². The number of fused-ring (bicyclic) bond motifs is 1. The summed E-state index contributed by atoms with van der Waals surface area (Å²) in [6.07, 6.45) is -1.23. The number of rotatable bonds is 3. The van der Waals surface area contributed by atoms with Crippen LogP contribution in [0.1, 0.15) is 23.0 Å². The van der Waals surface area contributed by atoms with Crippen LogP contribution in [0.5, 0.6) is 0 Å². The zero-order valence-electron chi connectivity index (χ0n) is 18.4. The van der Waals surface area contributed by atoms with Gasteiger partial charge in [0.05, 0.1) is 24.2 Å². The first-order valence-electron chi connectivity index (χ1n) is 10.6. The second-order valence-electron chi connectivity index (χ2n) is 8.83. The van der Waals surface area contributed by atoms with Crippen LogP contribution < -0.4 is 11.5 Å². The van der Waals surface area contributed by atoms with Gasteiger partial charge in [-0.3, -0.25) is 10.2 Å². The van der Waals surface area contributed by atoms with E-state index in [1.165, 1.54) is 36.1 Å². The molecule has 0 saturated carbocycles. The van der Waals surface area contributed by atoms with Crippen molar-refractivity contribution >= 4 is 28.8 Å². The molecule has 1 saturated heterocycles. The number of nitrogens with zero attached hydrogens (tertiary/aromatic N) is 5. The Balaban J connectivity index is 1.56. The van der Waals surface area contributed by atoms with E-state index in [0.717, 1.165) is 0 Å². The lowest BCUT2D eigenvalue weighted by Gasteiger charge is -2.51. The van der Waals surface area contributed by atoms with Crippen molar-refractivity contribution in [2.45, 2.75) is 43.3 Å². The highest BCUT2D eigenvalue weighted by molar-refractivity contribution is 6.03. The number of hydroxylamine groups is 2. The fraction of sp³-hybridized carbons (Fsp3) is 0.429. The van der Waals surface area contributed by atoms with Gasteiger partial charge in [-0.05, 0) is 38.1 Å². The normalized spacial score (nSPS) is 32.4. The van der Waals surface area contributed by atoms with Crippen molar-refractivity contribution in [3.63, 3.8) is 0 Å². The second kappa shape index (κ2) is 7.22. The molecule has 2 aromatic rings. The number of aryl methyl sites for hydroxylation is 1. The number of guanidine groups is 2. The van der Waals surface area contributed by atoms with E-state index >= 15 is 0 Å². The largest absolute Gasteiger partial charge is 0.454 e. The van der Waals surface area contributed by atoms with Gasteiger partial charge in [-0.15, -0.1) is 0 Å². The van der Waals surface area contributed by atoms with Crippen LogP contribution in [0.4, 0.5) is 4.39 Å². The molecular formula is C21H24FN7O5. The number of ether oxygens (including phenoxy) is 1. The molecular weight excluding hydrogens is 449 g/mol. The maximum absolute atomic E-state index is 13.9. The molecule has 3 aliphatic heterocycles. The maximum Gasteiger partial charge on any atom is 0.339 e. The molecule has 5 atom stereocenters. The second-order valence-corrected chi connectivity index (χ2v) is 8.83. The van der Waals surface area contributed by atoms with Crippen LogP contribution in [0.3, 0.4) is 0 Å². The Morgan fingerprint density at radius 3 is 2.74 bits per heavy atom. The molecule has 1 spiro atoms. The Morgan fingerprint density at radius 1 is 1.29 bits per heavy atom. The number of carbonyl (C=O) groups is 1. The number of aromatic nitrogens is 1. The Morgan fingerprint density at radius 2 is 2.03 bits per heavy atom. The predicted octanol–water partition coefficient (Wildman–Crippen LogP) is -0.952. The SMILES string of the molecule is Cc1cc(C(=O)OC2CN3C(N)=NC(CO)C4N=C(N)N(O)C43C2(C)O)c2cc(F)ccc2n1. The molecule has 180 valence electrons. The number of nitrogens with two attached hydrogens (primary N) is 2. The summed E-state index contributed by atoms with van der Waals surface area (Å²) in [7, 11) is 0. The molecule has 5 rings (SSSR count). The molecule has 0 bridgehead atoms. The van der Waals surface area contributed by atoms with Crippen molar-refractivity contribution in [3.8, 4) is 0 Å². The third-order valence-electron chi connectivity index (χ3n) is 6.85. The number of aliphatic hydroxyl groups excluding tert-OH is 1. The van der Waals surface area contributed by atoms with Crippen LogP contribution in [0.15, 0.2) is 34.3 Å². The van der Waals surface area contributed by atoms with Crippen LogP contribution in [0.25, 0.3) is 10.9 Å². The van der Waals surface area contributed by atoms with E-state index in [-0.39, 0.29) is 29.4 Å². The molecule has 3 aliphatic rings. The molecule has 0 radical (unpaired) electrons. The third kappa shape index (κ3) is 2.74. The highest BCUT2D eigenvalue weighted by atomic mass is 19.1. The first kappa shape index (κ1) is 22.3. The molecule has 7 N–H and O–H groups in total. The molecule has 34 heavy (non-hydrogen) atoms. The highest BCUT2D eigenvalue weighted by Gasteiger charge is 2.75. The highest BCUT2D eigenvalue weighted by Crippen LogP contribution is 2.50. The number of halogens is 1. The van der Waals surface area contributed by atoms with E-state index in [2.05, 4.69) is 15.0 Å². The van der Waals surface area contributed by atoms with Crippen molar-refractivity contribution in [1.29, 1.82) is 0 Å². The molecule has 13 heteroatoms. The van der Waals surface area contributed by atoms with Crippen molar-refractivity contribution in [3.05, 3.63) is 41.3 Å². The van der Waals surface area contributed by atoms with Gasteiger partial charge in [0, 0.05) is 11.1 Å². The zero-order chi connectivity index (χ0) is 24.6. The standard InChI is InChI=1S/C21H24FN7O5/c1-9-5-12(11-6-10(22)3-4-13(11)25-9)17(31)34-15-7-28-18(23)26-14(8-30)16-21(28,20(15,2)32)29(33)19(24)27-16/h3-6,14-16,30,32-33H,7-8H2,1-2H3,(H2,23,26)(H2,24,27). The Bertz CT molecular complexity index is 1270. The fourth-order valence-corrected chi connectivity index (χ4v) is 5.29. The monoisotopic (exact) mass is 473 g/mol. The van der Waals surface area contributed by atoms with Gasteiger partial charge in [0.1, 0.15) is 23.5 Å². The van der Waals surface area contributed by atoms with Gasteiger partial charge >= 0.3 is 5.97 Å². The molecule has 1 fully saturated rings. The fourth-order valence-electron chi connectivity index (χ4n) is 5.29. The first-order valence-corrected chi connectivity index (χ1v) is 10.6. The van der Waals surface area contributed by atoms with Crippen molar-refractivity contribution < 1.29 is 29.3 Å². The first-order chi connectivity index (χ1) is 16.0. The minimum Gasteiger partial charge on any atom is -0.454 e. The average Bonchev–Trinajstić information content (AvgIpc) is 3.19. The lowest BCUT2D eigenvalue weighted by molar-refractivity contribution is -0.228. The van der Waals surface area contributed by atoms with E-state index in [9.17, 15) is 24.6 Å². The number of aliphatic imine (C=N–C) groups is 2. The lowest BCUT2D eigenvalue weighted by atomic mass is 9.79. The van der Waals surface area contributed by atoms with E-state index in [1.807, 2.05) is 0 Å². The van der Waals surface area contributed by atoms with Crippen LogP contribution in [-0.4, -0.2) is 90.9 Å².